The highest BCUT2D eigenvalue weighted by Crippen LogP contribution is 2.18. The molecule has 0 amide bonds. The first-order valence-corrected chi connectivity index (χ1v) is 3.59. The number of rotatable bonds is 3. The van der Waals surface area contributed by atoms with E-state index >= 15 is 0 Å². The first-order chi connectivity index (χ1) is 4.72. The number of ether oxygens (including phenoxy) is 1. The van der Waals surface area contributed by atoms with Crippen LogP contribution in [0.15, 0.2) is 0 Å². The Bertz CT molecular complexity index is 105. The molecule has 0 radical (unpaired) electrons. The molecular formula is C7H16N2O. The van der Waals surface area contributed by atoms with Crippen molar-refractivity contribution in [3.8, 4) is 0 Å². The number of likely N-dealkylation sites (tertiary alicyclic amines) is 1. The molecule has 1 aliphatic heterocycles. The van der Waals surface area contributed by atoms with Gasteiger partial charge in [0.05, 0.1) is 12.1 Å². The van der Waals surface area contributed by atoms with E-state index in [4.69, 9.17) is 4.74 Å². The van der Waals surface area contributed by atoms with E-state index in [1.54, 1.807) is 7.11 Å². The number of hydrogen-bond acceptors (Lipinski definition) is 3. The van der Waals surface area contributed by atoms with Crippen molar-refractivity contribution in [3.63, 3.8) is 0 Å². The van der Waals surface area contributed by atoms with Gasteiger partial charge < -0.3 is 15.0 Å². The second-order valence-electron chi connectivity index (χ2n) is 3.14. The highest BCUT2D eigenvalue weighted by atomic mass is 16.5. The molecule has 1 heterocycles. The largest absolute Gasteiger partial charge is 0.383 e. The molecule has 0 bridgehead atoms. The molecule has 1 fully saturated rings. The van der Waals surface area contributed by atoms with Gasteiger partial charge in [-0.05, 0) is 14.1 Å². The van der Waals surface area contributed by atoms with Crippen LogP contribution in [-0.4, -0.2) is 51.3 Å². The molecule has 0 aliphatic carbocycles. The van der Waals surface area contributed by atoms with Gasteiger partial charge in [-0.25, -0.2) is 0 Å². The maximum absolute atomic E-state index is 5.10. The lowest BCUT2D eigenvalue weighted by Gasteiger charge is -2.48. The summed E-state index contributed by atoms with van der Waals surface area (Å²) in [5.41, 5.74) is 0.240. The molecule has 3 heteroatoms. The Labute approximate surface area is 62.3 Å². The molecule has 1 N–H and O–H groups in total. The summed E-state index contributed by atoms with van der Waals surface area (Å²) in [6, 6.07) is 0. The Morgan fingerprint density at radius 3 is 2.50 bits per heavy atom. The van der Waals surface area contributed by atoms with Crippen LogP contribution < -0.4 is 5.32 Å². The van der Waals surface area contributed by atoms with E-state index in [0.29, 0.717) is 0 Å². The van der Waals surface area contributed by atoms with E-state index < -0.39 is 0 Å². The zero-order chi connectivity index (χ0) is 7.61. The van der Waals surface area contributed by atoms with E-state index in [1.165, 1.54) is 0 Å². The Kier molecular flexibility index (Phi) is 2.28. The Morgan fingerprint density at radius 1 is 1.60 bits per heavy atom. The van der Waals surface area contributed by atoms with Crippen molar-refractivity contribution in [2.24, 2.45) is 0 Å². The fourth-order valence-electron chi connectivity index (χ4n) is 1.58. The van der Waals surface area contributed by atoms with Crippen LogP contribution in [0.2, 0.25) is 0 Å². The smallest absolute Gasteiger partial charge is 0.0671 e. The fourth-order valence-corrected chi connectivity index (χ4v) is 1.58. The molecule has 0 aromatic carbocycles. The molecule has 3 nitrogen and oxygen atoms in total. The highest BCUT2D eigenvalue weighted by molar-refractivity contribution is 5.00. The monoisotopic (exact) mass is 144 g/mol. The van der Waals surface area contributed by atoms with Gasteiger partial charge in [0.1, 0.15) is 0 Å². The zero-order valence-corrected chi connectivity index (χ0v) is 6.98. The minimum atomic E-state index is 0.240. The van der Waals surface area contributed by atoms with Crippen LogP contribution in [0, 0.1) is 0 Å². The second-order valence-corrected chi connectivity index (χ2v) is 3.14. The fraction of sp³-hybridized carbons (Fsp3) is 1.00. The van der Waals surface area contributed by atoms with Gasteiger partial charge in [0.15, 0.2) is 0 Å². The molecule has 1 rings (SSSR count). The lowest BCUT2D eigenvalue weighted by Crippen LogP contribution is -2.69. The topological polar surface area (TPSA) is 24.5 Å². The summed E-state index contributed by atoms with van der Waals surface area (Å²) in [7, 11) is 5.86. The van der Waals surface area contributed by atoms with Gasteiger partial charge in [-0.3, -0.25) is 0 Å². The summed E-state index contributed by atoms with van der Waals surface area (Å²) in [4.78, 5) is 2.27. The van der Waals surface area contributed by atoms with Crippen LogP contribution in [0.1, 0.15) is 0 Å². The van der Waals surface area contributed by atoms with E-state index in [0.717, 1.165) is 19.7 Å². The number of nitrogens with zero attached hydrogens (tertiary/aromatic N) is 1. The number of likely N-dealkylation sites (N-methyl/N-ethyl adjacent to an activating group) is 2. The van der Waals surface area contributed by atoms with Crippen molar-refractivity contribution in [1.29, 1.82) is 0 Å². The Balaban J connectivity index is 2.32. The van der Waals surface area contributed by atoms with Crippen molar-refractivity contribution < 1.29 is 4.74 Å². The van der Waals surface area contributed by atoms with E-state index in [-0.39, 0.29) is 5.54 Å². The summed E-state index contributed by atoms with van der Waals surface area (Å²) in [6.07, 6.45) is 0. The predicted octanol–water partition coefficient (Wildman–Crippen LogP) is -0.464. The van der Waals surface area contributed by atoms with E-state index in [1.807, 2.05) is 7.05 Å². The Morgan fingerprint density at radius 2 is 2.20 bits per heavy atom. The van der Waals surface area contributed by atoms with Gasteiger partial charge in [0.2, 0.25) is 0 Å². The third kappa shape index (κ3) is 1.31. The summed E-state index contributed by atoms with van der Waals surface area (Å²) in [5.74, 6) is 0. The van der Waals surface area contributed by atoms with Gasteiger partial charge in [-0.2, -0.15) is 0 Å². The molecule has 1 saturated heterocycles. The summed E-state index contributed by atoms with van der Waals surface area (Å²) in [6.45, 7) is 3.00. The van der Waals surface area contributed by atoms with Crippen molar-refractivity contribution in [2.45, 2.75) is 5.54 Å². The van der Waals surface area contributed by atoms with Gasteiger partial charge >= 0.3 is 0 Å². The van der Waals surface area contributed by atoms with Crippen molar-refractivity contribution in [1.82, 2.24) is 10.2 Å². The molecule has 60 valence electrons. The molecule has 0 atom stereocenters. The first kappa shape index (κ1) is 7.98. The molecule has 0 aromatic rings. The van der Waals surface area contributed by atoms with Crippen LogP contribution in [0.3, 0.4) is 0 Å². The van der Waals surface area contributed by atoms with Crippen LogP contribution in [-0.2, 0) is 4.74 Å². The molecule has 10 heavy (non-hydrogen) atoms. The quantitative estimate of drug-likeness (QED) is 0.580. The Hall–Kier alpha value is -0.120. The predicted molar refractivity (Wildman–Crippen MR) is 41.2 cm³/mol. The van der Waals surface area contributed by atoms with Gasteiger partial charge in [-0.1, -0.05) is 0 Å². The van der Waals surface area contributed by atoms with Crippen molar-refractivity contribution in [2.75, 3.05) is 40.9 Å². The highest BCUT2D eigenvalue weighted by Gasteiger charge is 2.39. The average Bonchev–Trinajstić information content (AvgIpc) is 1.84. The minimum absolute atomic E-state index is 0.240. The minimum Gasteiger partial charge on any atom is -0.383 e. The van der Waals surface area contributed by atoms with Crippen LogP contribution >= 0.6 is 0 Å². The van der Waals surface area contributed by atoms with Crippen LogP contribution in [0.5, 0.6) is 0 Å². The van der Waals surface area contributed by atoms with Crippen molar-refractivity contribution >= 4 is 0 Å². The maximum Gasteiger partial charge on any atom is 0.0671 e. The summed E-state index contributed by atoms with van der Waals surface area (Å²) < 4.78 is 5.10. The third-order valence-corrected chi connectivity index (χ3v) is 2.10. The van der Waals surface area contributed by atoms with Crippen LogP contribution in [0.4, 0.5) is 0 Å². The van der Waals surface area contributed by atoms with E-state index in [2.05, 4.69) is 17.3 Å². The van der Waals surface area contributed by atoms with Crippen LogP contribution in [0.25, 0.3) is 0 Å². The number of methoxy groups -OCH3 is 1. The molecule has 0 aromatic heterocycles. The number of hydrogen-bond donors (Lipinski definition) is 1. The van der Waals surface area contributed by atoms with Gasteiger partial charge in [0.25, 0.3) is 0 Å². The average molecular weight is 144 g/mol. The first-order valence-electron chi connectivity index (χ1n) is 3.59. The van der Waals surface area contributed by atoms with Gasteiger partial charge in [0, 0.05) is 20.2 Å². The van der Waals surface area contributed by atoms with E-state index in [9.17, 15) is 0 Å². The lowest BCUT2D eigenvalue weighted by molar-refractivity contribution is 0.00438. The second kappa shape index (κ2) is 2.86. The molecule has 0 unspecified atom stereocenters. The molecule has 1 aliphatic rings. The normalized spacial score (nSPS) is 24.3. The van der Waals surface area contributed by atoms with Crippen molar-refractivity contribution in [3.05, 3.63) is 0 Å². The number of nitrogens with one attached hydrogen (secondary N) is 1. The summed E-state index contributed by atoms with van der Waals surface area (Å²) in [5, 5.41) is 3.28. The molecule has 0 spiro atoms. The maximum atomic E-state index is 5.10. The summed E-state index contributed by atoms with van der Waals surface area (Å²) >= 11 is 0. The standard InChI is InChI=1S/C7H16N2O/c1-8-7(6-10-3)4-9(2)5-7/h8H,4-6H2,1-3H3. The zero-order valence-electron chi connectivity index (χ0n) is 6.98. The lowest BCUT2D eigenvalue weighted by atomic mass is 9.92. The SMILES string of the molecule is CNC1(COC)CN(C)C1. The third-order valence-electron chi connectivity index (χ3n) is 2.10. The molecule has 0 saturated carbocycles. The molecular weight excluding hydrogens is 128 g/mol. The van der Waals surface area contributed by atoms with Gasteiger partial charge in [-0.15, -0.1) is 0 Å².